The number of nitrogens with one attached hydrogen (secondary N) is 1. The van der Waals surface area contributed by atoms with Gasteiger partial charge in [-0.1, -0.05) is 23.7 Å². The maximum Gasteiger partial charge on any atom is 0.260 e. The predicted octanol–water partition coefficient (Wildman–Crippen LogP) is 2.82. The lowest BCUT2D eigenvalue weighted by atomic mass is 10.3. The summed E-state index contributed by atoms with van der Waals surface area (Å²) in [7, 11) is 3.11. The number of carbonyl (C=O) groups excluding carboxylic acids is 2. The van der Waals surface area contributed by atoms with E-state index in [1.165, 1.54) is 11.9 Å². The van der Waals surface area contributed by atoms with Crippen LogP contribution in [0.4, 0.5) is 5.69 Å². The van der Waals surface area contributed by atoms with Crippen molar-refractivity contribution in [2.24, 2.45) is 0 Å². The quantitative estimate of drug-likeness (QED) is 0.822. The summed E-state index contributed by atoms with van der Waals surface area (Å²) in [5.74, 6) is 0.591. The first-order chi connectivity index (χ1) is 12.0. The summed E-state index contributed by atoms with van der Waals surface area (Å²) < 4.78 is 10.5. The highest BCUT2D eigenvalue weighted by Gasteiger charge is 2.14. The smallest absolute Gasteiger partial charge is 0.260 e. The van der Waals surface area contributed by atoms with Crippen molar-refractivity contribution < 1.29 is 19.1 Å². The number of benzene rings is 2. The molecule has 132 valence electrons. The number of nitrogens with zero attached hydrogens (tertiary/aromatic N) is 1. The summed E-state index contributed by atoms with van der Waals surface area (Å²) >= 11 is 5.98. The average Bonchev–Trinajstić information content (AvgIpc) is 2.62. The van der Waals surface area contributed by atoms with E-state index in [0.717, 1.165) is 0 Å². The minimum absolute atomic E-state index is 0.101. The Balaban J connectivity index is 1.80. The number of carbonyl (C=O) groups is 2. The molecule has 0 aliphatic rings. The molecule has 2 amide bonds. The van der Waals surface area contributed by atoms with Crippen LogP contribution in [0.5, 0.6) is 11.5 Å². The third-order valence-corrected chi connectivity index (χ3v) is 3.71. The predicted molar refractivity (Wildman–Crippen MR) is 96.2 cm³/mol. The van der Waals surface area contributed by atoms with E-state index in [1.54, 1.807) is 55.6 Å². The van der Waals surface area contributed by atoms with Gasteiger partial charge in [0.25, 0.3) is 5.91 Å². The van der Waals surface area contributed by atoms with Crippen LogP contribution in [0.25, 0.3) is 0 Å². The van der Waals surface area contributed by atoms with E-state index in [9.17, 15) is 9.59 Å². The van der Waals surface area contributed by atoms with Gasteiger partial charge in [-0.2, -0.15) is 0 Å². The fraction of sp³-hybridized carbons (Fsp3) is 0.222. The van der Waals surface area contributed by atoms with E-state index in [0.29, 0.717) is 22.2 Å². The minimum atomic E-state index is -0.339. The number of para-hydroxylation sites is 1. The number of ether oxygens (including phenoxy) is 2. The van der Waals surface area contributed by atoms with Gasteiger partial charge in [0.15, 0.2) is 6.61 Å². The summed E-state index contributed by atoms with van der Waals surface area (Å²) in [5, 5.41) is 3.10. The number of hydrogen-bond acceptors (Lipinski definition) is 4. The fourth-order valence-electron chi connectivity index (χ4n) is 1.98. The molecule has 0 aromatic heterocycles. The largest absolute Gasteiger partial charge is 0.497 e. The molecule has 7 heteroatoms. The van der Waals surface area contributed by atoms with Crippen molar-refractivity contribution in [2.45, 2.75) is 0 Å². The Bertz CT molecular complexity index is 734. The van der Waals surface area contributed by atoms with Gasteiger partial charge in [0, 0.05) is 7.05 Å². The van der Waals surface area contributed by atoms with Crippen molar-refractivity contribution in [1.82, 2.24) is 4.90 Å². The van der Waals surface area contributed by atoms with Gasteiger partial charge >= 0.3 is 0 Å². The minimum Gasteiger partial charge on any atom is -0.497 e. The Labute approximate surface area is 151 Å². The number of hydrogen-bond donors (Lipinski definition) is 1. The average molecular weight is 363 g/mol. The first-order valence-electron chi connectivity index (χ1n) is 7.55. The lowest BCUT2D eigenvalue weighted by molar-refractivity contribution is -0.135. The van der Waals surface area contributed by atoms with Crippen molar-refractivity contribution in [3.8, 4) is 11.5 Å². The maximum absolute atomic E-state index is 12.1. The molecule has 0 aliphatic carbocycles. The molecule has 0 atom stereocenters. The van der Waals surface area contributed by atoms with Crippen molar-refractivity contribution in [2.75, 3.05) is 32.6 Å². The van der Waals surface area contributed by atoms with Gasteiger partial charge in [-0.15, -0.1) is 0 Å². The second-order valence-corrected chi connectivity index (χ2v) is 5.65. The van der Waals surface area contributed by atoms with Crippen LogP contribution in [-0.4, -0.2) is 44.0 Å². The van der Waals surface area contributed by atoms with Gasteiger partial charge in [0.05, 0.1) is 24.4 Å². The molecule has 0 saturated heterocycles. The van der Waals surface area contributed by atoms with Gasteiger partial charge in [-0.25, -0.2) is 0 Å². The summed E-state index contributed by atoms with van der Waals surface area (Å²) in [4.78, 5) is 25.4. The Kier molecular flexibility index (Phi) is 6.65. The highest BCUT2D eigenvalue weighted by molar-refractivity contribution is 6.33. The Morgan fingerprint density at radius 1 is 1.08 bits per heavy atom. The second kappa shape index (κ2) is 8.94. The van der Waals surface area contributed by atoms with Crippen molar-refractivity contribution in [3.05, 3.63) is 53.6 Å². The molecule has 0 aliphatic heterocycles. The SMILES string of the molecule is COc1ccc(OCC(=O)N(C)CC(=O)Nc2ccccc2Cl)cc1. The van der Waals surface area contributed by atoms with Crippen molar-refractivity contribution in [1.29, 1.82) is 0 Å². The first-order valence-corrected chi connectivity index (χ1v) is 7.92. The molecule has 0 saturated carbocycles. The van der Waals surface area contributed by atoms with Gasteiger partial charge in [-0.05, 0) is 36.4 Å². The summed E-state index contributed by atoms with van der Waals surface area (Å²) in [6, 6.07) is 13.8. The van der Waals surface area contributed by atoms with Crippen LogP contribution in [0.1, 0.15) is 0 Å². The lowest BCUT2D eigenvalue weighted by Gasteiger charge is -2.17. The Hall–Kier alpha value is -2.73. The zero-order valence-corrected chi connectivity index (χ0v) is 14.7. The van der Waals surface area contributed by atoms with E-state index in [1.807, 2.05) is 0 Å². The van der Waals surface area contributed by atoms with E-state index in [-0.39, 0.29) is 25.0 Å². The molecule has 0 spiro atoms. The van der Waals surface area contributed by atoms with Crippen LogP contribution in [0.3, 0.4) is 0 Å². The zero-order valence-electron chi connectivity index (χ0n) is 14.0. The Morgan fingerprint density at radius 3 is 2.36 bits per heavy atom. The normalized spacial score (nSPS) is 10.0. The first kappa shape index (κ1) is 18.6. The molecule has 0 radical (unpaired) electrons. The number of rotatable bonds is 7. The summed E-state index contributed by atoms with van der Waals surface area (Å²) in [6.45, 7) is -0.266. The number of methoxy groups -OCH3 is 1. The van der Waals surface area contributed by atoms with Crippen LogP contribution in [-0.2, 0) is 9.59 Å². The third-order valence-electron chi connectivity index (χ3n) is 3.38. The van der Waals surface area contributed by atoms with Crippen molar-refractivity contribution in [3.63, 3.8) is 0 Å². The topological polar surface area (TPSA) is 67.9 Å². The number of anilines is 1. The molecule has 2 rings (SSSR count). The van der Waals surface area contributed by atoms with Crippen LogP contribution < -0.4 is 14.8 Å². The van der Waals surface area contributed by atoms with Crippen LogP contribution >= 0.6 is 11.6 Å². The summed E-state index contributed by atoms with van der Waals surface area (Å²) in [5.41, 5.74) is 0.504. The zero-order chi connectivity index (χ0) is 18.2. The molecule has 0 unspecified atom stereocenters. The lowest BCUT2D eigenvalue weighted by Crippen LogP contribution is -2.37. The molecule has 2 aromatic rings. The van der Waals surface area contributed by atoms with E-state index < -0.39 is 0 Å². The molecular formula is C18H19ClN2O4. The monoisotopic (exact) mass is 362 g/mol. The van der Waals surface area contributed by atoms with Crippen molar-refractivity contribution >= 4 is 29.1 Å². The van der Waals surface area contributed by atoms with Crippen LogP contribution in [0.2, 0.25) is 5.02 Å². The number of amides is 2. The molecule has 6 nitrogen and oxygen atoms in total. The molecule has 25 heavy (non-hydrogen) atoms. The van der Waals surface area contributed by atoms with Crippen LogP contribution in [0, 0.1) is 0 Å². The van der Waals surface area contributed by atoms with E-state index in [4.69, 9.17) is 21.1 Å². The molecule has 0 bridgehead atoms. The fourth-order valence-corrected chi connectivity index (χ4v) is 2.17. The number of halogens is 1. The summed E-state index contributed by atoms with van der Waals surface area (Å²) in [6.07, 6.45) is 0. The Morgan fingerprint density at radius 2 is 1.72 bits per heavy atom. The van der Waals surface area contributed by atoms with E-state index in [2.05, 4.69) is 5.32 Å². The molecule has 1 N–H and O–H groups in total. The van der Waals surface area contributed by atoms with Gasteiger partial charge < -0.3 is 19.7 Å². The maximum atomic E-state index is 12.1. The highest BCUT2D eigenvalue weighted by Crippen LogP contribution is 2.20. The number of likely N-dealkylation sites (N-methyl/N-ethyl adjacent to an activating group) is 1. The van der Waals surface area contributed by atoms with E-state index >= 15 is 0 Å². The second-order valence-electron chi connectivity index (χ2n) is 5.24. The van der Waals surface area contributed by atoms with Gasteiger partial charge in [0.1, 0.15) is 11.5 Å². The molecule has 0 fully saturated rings. The molecular weight excluding hydrogens is 344 g/mol. The van der Waals surface area contributed by atoms with Gasteiger partial charge in [-0.3, -0.25) is 9.59 Å². The third kappa shape index (κ3) is 5.69. The highest BCUT2D eigenvalue weighted by atomic mass is 35.5. The standard InChI is InChI=1S/C18H19ClN2O4/c1-21(11-17(22)20-16-6-4-3-5-15(16)19)18(23)12-25-14-9-7-13(24-2)8-10-14/h3-10H,11-12H2,1-2H3,(H,20,22). The molecule has 2 aromatic carbocycles. The van der Waals surface area contributed by atoms with Crippen LogP contribution in [0.15, 0.2) is 48.5 Å². The van der Waals surface area contributed by atoms with Gasteiger partial charge in [0.2, 0.25) is 5.91 Å². The molecule has 0 heterocycles.